The first kappa shape index (κ1) is 19.1. The Kier molecular flexibility index (Phi) is 4.70. The molecular weight excluding hydrogens is 389 g/mol. The van der Waals surface area contributed by atoms with Gasteiger partial charge in [0.1, 0.15) is 0 Å². The second-order valence-electron chi connectivity index (χ2n) is 7.87. The molecule has 7 heteroatoms. The number of aromatic nitrogens is 3. The van der Waals surface area contributed by atoms with E-state index in [1.807, 2.05) is 24.5 Å². The fourth-order valence-corrected chi connectivity index (χ4v) is 4.25. The normalized spacial score (nSPS) is 15.8. The summed E-state index contributed by atoms with van der Waals surface area (Å²) in [5, 5.41) is 6.35. The van der Waals surface area contributed by atoms with Crippen molar-refractivity contribution < 1.29 is 13.2 Å². The number of fused-ring (bicyclic) bond motifs is 2. The van der Waals surface area contributed by atoms with Crippen LogP contribution >= 0.6 is 0 Å². The molecule has 4 nitrogen and oxygen atoms in total. The van der Waals surface area contributed by atoms with Crippen LogP contribution in [0, 0.1) is 0 Å². The van der Waals surface area contributed by atoms with Crippen LogP contribution in [0.15, 0.2) is 55.1 Å². The molecule has 1 aliphatic heterocycles. The van der Waals surface area contributed by atoms with Gasteiger partial charge in [0.2, 0.25) is 0 Å². The highest BCUT2D eigenvalue weighted by atomic mass is 19.4. The van der Waals surface area contributed by atoms with Gasteiger partial charge in [-0.15, -0.1) is 0 Å². The minimum atomic E-state index is -4.39. The molecule has 1 saturated heterocycles. The molecule has 4 aromatic rings. The maximum Gasteiger partial charge on any atom is 0.417 e. The highest BCUT2D eigenvalue weighted by Gasteiger charge is 2.31. The van der Waals surface area contributed by atoms with Crippen molar-refractivity contribution in [2.24, 2.45) is 0 Å². The van der Waals surface area contributed by atoms with Crippen LogP contribution in [0.1, 0.15) is 30.4 Å². The Morgan fingerprint density at radius 1 is 0.933 bits per heavy atom. The molecule has 154 valence electrons. The Balaban J connectivity index is 1.55. The summed E-state index contributed by atoms with van der Waals surface area (Å²) in [6.45, 7) is 3.06. The Labute approximate surface area is 172 Å². The summed E-state index contributed by atoms with van der Waals surface area (Å²) in [5.41, 5.74) is 2.86. The van der Waals surface area contributed by atoms with E-state index in [9.17, 15) is 13.2 Å². The number of benzene rings is 1. The van der Waals surface area contributed by atoms with Crippen LogP contribution in [0.5, 0.6) is 0 Å². The van der Waals surface area contributed by atoms with E-state index in [2.05, 4.69) is 21.0 Å². The molecule has 0 amide bonds. The van der Waals surface area contributed by atoms with Gasteiger partial charge >= 0.3 is 6.18 Å². The van der Waals surface area contributed by atoms with Gasteiger partial charge in [-0.1, -0.05) is 18.6 Å². The van der Waals surface area contributed by atoms with E-state index < -0.39 is 11.7 Å². The highest BCUT2D eigenvalue weighted by Crippen LogP contribution is 2.33. The third-order valence-corrected chi connectivity index (χ3v) is 5.84. The average Bonchev–Trinajstić information content (AvgIpc) is 3.17. The van der Waals surface area contributed by atoms with Gasteiger partial charge < -0.3 is 0 Å². The first-order valence-corrected chi connectivity index (χ1v) is 10.1. The lowest BCUT2D eigenvalue weighted by atomic mass is 10.00. The van der Waals surface area contributed by atoms with Gasteiger partial charge in [0.25, 0.3) is 0 Å². The molecule has 0 aliphatic carbocycles. The topological polar surface area (TPSA) is 33.4 Å². The van der Waals surface area contributed by atoms with E-state index in [0.29, 0.717) is 5.52 Å². The Morgan fingerprint density at radius 3 is 2.57 bits per heavy atom. The Hall–Kier alpha value is -2.93. The zero-order valence-corrected chi connectivity index (χ0v) is 16.4. The molecule has 0 N–H and O–H groups in total. The zero-order chi connectivity index (χ0) is 20.7. The standard InChI is InChI=1S/C23H21F3N4/c24-23(25,26)19-6-7-22-21(13-28-30(22)15-19)16-4-5-17-11-27-12-18(20(17)10-16)14-29-8-2-1-3-9-29/h4-7,10-13,15H,1-3,8-9,14H2. The first-order valence-electron chi connectivity index (χ1n) is 10.1. The number of rotatable bonds is 3. The second-order valence-corrected chi connectivity index (χ2v) is 7.87. The highest BCUT2D eigenvalue weighted by molar-refractivity contribution is 5.91. The molecule has 3 aromatic heterocycles. The van der Waals surface area contributed by atoms with E-state index in [0.717, 1.165) is 53.8 Å². The molecule has 0 spiro atoms. The van der Waals surface area contributed by atoms with Gasteiger partial charge in [0, 0.05) is 36.1 Å². The summed E-state index contributed by atoms with van der Waals surface area (Å²) < 4.78 is 40.3. The average molecular weight is 410 g/mol. The smallest absolute Gasteiger partial charge is 0.299 e. The molecule has 4 heterocycles. The van der Waals surface area contributed by atoms with Crippen molar-refractivity contribution in [2.75, 3.05) is 13.1 Å². The van der Waals surface area contributed by atoms with Crippen molar-refractivity contribution in [3.05, 3.63) is 66.2 Å². The maximum atomic E-state index is 13.0. The monoisotopic (exact) mass is 410 g/mol. The number of piperidine rings is 1. The molecule has 30 heavy (non-hydrogen) atoms. The van der Waals surface area contributed by atoms with Crippen LogP contribution in [0.4, 0.5) is 13.2 Å². The fraction of sp³-hybridized carbons (Fsp3) is 0.304. The van der Waals surface area contributed by atoms with Crippen LogP contribution in [0.2, 0.25) is 0 Å². The number of hydrogen-bond donors (Lipinski definition) is 0. The molecule has 1 aromatic carbocycles. The van der Waals surface area contributed by atoms with Crippen molar-refractivity contribution in [3.63, 3.8) is 0 Å². The zero-order valence-electron chi connectivity index (χ0n) is 16.4. The van der Waals surface area contributed by atoms with E-state index in [4.69, 9.17) is 0 Å². The summed E-state index contributed by atoms with van der Waals surface area (Å²) >= 11 is 0. The predicted molar refractivity (Wildman–Crippen MR) is 110 cm³/mol. The minimum Gasteiger partial charge on any atom is -0.299 e. The van der Waals surface area contributed by atoms with Gasteiger partial charge in [0.15, 0.2) is 0 Å². The predicted octanol–water partition coefficient (Wildman–Crippen LogP) is 5.55. The lowest BCUT2D eigenvalue weighted by Crippen LogP contribution is -2.29. The van der Waals surface area contributed by atoms with Crippen LogP contribution in [0.25, 0.3) is 27.4 Å². The fourth-order valence-electron chi connectivity index (χ4n) is 4.25. The molecule has 0 atom stereocenters. The molecule has 0 unspecified atom stereocenters. The number of likely N-dealkylation sites (tertiary alicyclic amines) is 1. The molecule has 0 bridgehead atoms. The summed E-state index contributed by atoms with van der Waals surface area (Å²) in [7, 11) is 0. The van der Waals surface area contributed by atoms with Crippen molar-refractivity contribution in [1.29, 1.82) is 0 Å². The van der Waals surface area contributed by atoms with Crippen molar-refractivity contribution in [2.45, 2.75) is 32.0 Å². The Bertz CT molecular complexity index is 1210. The van der Waals surface area contributed by atoms with E-state index in [1.165, 1.54) is 35.4 Å². The summed E-state index contributed by atoms with van der Waals surface area (Å²) in [5.74, 6) is 0. The third kappa shape index (κ3) is 3.54. The first-order chi connectivity index (χ1) is 14.5. The second kappa shape index (κ2) is 7.40. The van der Waals surface area contributed by atoms with Gasteiger partial charge in [-0.3, -0.25) is 9.88 Å². The van der Waals surface area contributed by atoms with E-state index in [1.54, 1.807) is 6.20 Å². The summed E-state index contributed by atoms with van der Waals surface area (Å²) in [6.07, 6.45) is 5.79. The van der Waals surface area contributed by atoms with Crippen LogP contribution < -0.4 is 0 Å². The SMILES string of the molecule is FC(F)(F)c1ccc2c(-c3ccc4cncc(CN5CCCCC5)c4c3)cnn2c1. The maximum absolute atomic E-state index is 13.0. The van der Waals surface area contributed by atoms with Gasteiger partial charge in [-0.05, 0) is 60.6 Å². The number of nitrogens with zero attached hydrogens (tertiary/aromatic N) is 4. The molecular formula is C23H21F3N4. The number of alkyl halides is 3. The molecule has 0 radical (unpaired) electrons. The van der Waals surface area contributed by atoms with Crippen LogP contribution in [0.3, 0.4) is 0 Å². The molecule has 1 aliphatic rings. The van der Waals surface area contributed by atoms with Gasteiger partial charge in [-0.2, -0.15) is 18.3 Å². The van der Waals surface area contributed by atoms with E-state index in [-0.39, 0.29) is 0 Å². The van der Waals surface area contributed by atoms with Gasteiger partial charge in [-0.25, -0.2) is 4.52 Å². The Morgan fingerprint density at radius 2 is 1.77 bits per heavy atom. The quantitative estimate of drug-likeness (QED) is 0.444. The van der Waals surface area contributed by atoms with Crippen LogP contribution in [-0.4, -0.2) is 32.6 Å². The van der Waals surface area contributed by atoms with Crippen LogP contribution in [-0.2, 0) is 12.7 Å². The van der Waals surface area contributed by atoms with Gasteiger partial charge in [0.05, 0.1) is 17.3 Å². The molecule has 0 saturated carbocycles. The lowest BCUT2D eigenvalue weighted by Gasteiger charge is -2.26. The van der Waals surface area contributed by atoms with Crippen molar-refractivity contribution in [3.8, 4) is 11.1 Å². The molecule has 5 rings (SSSR count). The number of pyridine rings is 2. The minimum absolute atomic E-state index is 0.647. The number of hydrogen-bond acceptors (Lipinski definition) is 3. The number of halogens is 3. The van der Waals surface area contributed by atoms with Crippen molar-refractivity contribution in [1.82, 2.24) is 19.5 Å². The lowest BCUT2D eigenvalue weighted by molar-refractivity contribution is -0.137. The van der Waals surface area contributed by atoms with E-state index >= 15 is 0 Å². The summed E-state index contributed by atoms with van der Waals surface area (Å²) in [4.78, 5) is 6.86. The van der Waals surface area contributed by atoms with Crippen molar-refractivity contribution >= 4 is 16.3 Å². The largest absolute Gasteiger partial charge is 0.417 e. The third-order valence-electron chi connectivity index (χ3n) is 5.84. The summed E-state index contributed by atoms with van der Waals surface area (Å²) in [6, 6.07) is 8.68. The molecule has 1 fully saturated rings.